The summed E-state index contributed by atoms with van der Waals surface area (Å²) in [5.74, 6) is 1.26. The Morgan fingerprint density at radius 1 is 1.31 bits per heavy atom. The Hall–Kier alpha value is -1.04. The molecule has 1 saturated heterocycles. The number of carbonyl (C=O) groups is 1. The molecule has 2 aliphatic heterocycles. The van der Waals surface area contributed by atoms with Crippen LogP contribution in [0.3, 0.4) is 0 Å². The van der Waals surface area contributed by atoms with E-state index in [9.17, 15) is 9.90 Å². The number of ether oxygens (including phenoxy) is 1. The van der Waals surface area contributed by atoms with Crippen LogP contribution in [-0.4, -0.2) is 48.0 Å². The van der Waals surface area contributed by atoms with E-state index >= 15 is 0 Å². The molecule has 1 unspecified atom stereocenters. The number of aliphatic hydroxyl groups is 1. The van der Waals surface area contributed by atoms with Gasteiger partial charge < -0.3 is 14.7 Å². The molecule has 4 nitrogen and oxygen atoms in total. The van der Waals surface area contributed by atoms with Crippen LogP contribution in [0.1, 0.15) is 67.5 Å². The zero-order valence-electron chi connectivity index (χ0n) is 15.8. The van der Waals surface area contributed by atoms with Crippen LogP contribution in [0.2, 0.25) is 0 Å². The lowest BCUT2D eigenvalue weighted by molar-refractivity contribution is 0.0458. The molecule has 0 saturated carbocycles. The second kappa shape index (κ2) is 9.77. The van der Waals surface area contributed by atoms with Gasteiger partial charge in [-0.25, -0.2) is 4.79 Å². The van der Waals surface area contributed by atoms with Crippen LogP contribution in [0.25, 0.3) is 0 Å². The summed E-state index contributed by atoms with van der Waals surface area (Å²) in [4.78, 5) is 16.0. The fourth-order valence-corrected chi connectivity index (χ4v) is 5.07. The van der Waals surface area contributed by atoms with E-state index in [1.54, 1.807) is 11.8 Å². The fourth-order valence-electron chi connectivity index (χ4n) is 3.84. The van der Waals surface area contributed by atoms with E-state index in [0.717, 1.165) is 29.1 Å². The zero-order chi connectivity index (χ0) is 18.4. The summed E-state index contributed by atoms with van der Waals surface area (Å²) in [5, 5.41) is 10.1. The van der Waals surface area contributed by atoms with Gasteiger partial charge in [0, 0.05) is 10.6 Å². The smallest absolute Gasteiger partial charge is 0.339 e. The number of piperidine rings is 1. The molecule has 2 heterocycles. The first-order chi connectivity index (χ1) is 12.7. The zero-order valence-corrected chi connectivity index (χ0v) is 16.6. The maximum Gasteiger partial charge on any atom is 0.339 e. The van der Waals surface area contributed by atoms with E-state index in [4.69, 9.17) is 4.74 Å². The van der Waals surface area contributed by atoms with Crippen molar-refractivity contribution in [3.05, 3.63) is 29.3 Å². The third kappa shape index (κ3) is 5.02. The molecule has 1 atom stereocenters. The van der Waals surface area contributed by atoms with Crippen LogP contribution in [-0.2, 0) is 4.74 Å². The van der Waals surface area contributed by atoms with E-state index < -0.39 is 6.10 Å². The van der Waals surface area contributed by atoms with E-state index in [-0.39, 0.29) is 5.97 Å². The van der Waals surface area contributed by atoms with Gasteiger partial charge in [-0.3, -0.25) is 0 Å². The molecular weight excluding hydrogens is 346 g/mol. The minimum Gasteiger partial charge on any atom is -0.462 e. The highest BCUT2D eigenvalue weighted by atomic mass is 32.2. The normalized spacial score (nSPS) is 21.4. The number of esters is 1. The summed E-state index contributed by atoms with van der Waals surface area (Å²) in [6.45, 7) is 6.32. The molecule has 26 heavy (non-hydrogen) atoms. The van der Waals surface area contributed by atoms with Gasteiger partial charge in [-0.2, -0.15) is 0 Å². The number of benzene rings is 1. The van der Waals surface area contributed by atoms with Gasteiger partial charge in [-0.05, 0) is 69.3 Å². The third-order valence-corrected chi connectivity index (χ3v) is 6.74. The Balaban J connectivity index is 1.45. The largest absolute Gasteiger partial charge is 0.462 e. The van der Waals surface area contributed by atoms with Gasteiger partial charge in [0.1, 0.15) is 0 Å². The molecule has 0 bridgehead atoms. The number of nitrogens with zero attached hydrogens (tertiary/aromatic N) is 1. The van der Waals surface area contributed by atoms with Crippen LogP contribution >= 0.6 is 11.8 Å². The molecule has 3 rings (SSSR count). The Bertz CT molecular complexity index is 599. The van der Waals surface area contributed by atoms with Crippen molar-refractivity contribution >= 4 is 17.7 Å². The van der Waals surface area contributed by atoms with Crippen LogP contribution < -0.4 is 0 Å². The molecule has 1 aromatic carbocycles. The number of likely N-dealkylation sites (tertiary alicyclic amines) is 1. The number of unbranched alkanes of at least 4 members (excludes halogenated alkanes) is 1. The average Bonchev–Trinajstić information content (AvgIpc) is 2.67. The second-order valence-electron chi connectivity index (χ2n) is 7.44. The highest BCUT2D eigenvalue weighted by molar-refractivity contribution is 7.99. The van der Waals surface area contributed by atoms with Gasteiger partial charge >= 0.3 is 5.97 Å². The molecule has 1 fully saturated rings. The molecule has 1 N–H and O–H groups in total. The monoisotopic (exact) mass is 377 g/mol. The number of rotatable bonds is 7. The predicted molar refractivity (Wildman–Crippen MR) is 106 cm³/mol. The molecule has 0 spiro atoms. The van der Waals surface area contributed by atoms with Crippen molar-refractivity contribution in [2.45, 2.75) is 56.4 Å². The Labute approximate surface area is 161 Å². The lowest BCUT2D eigenvalue weighted by atomic mass is 9.94. The van der Waals surface area contributed by atoms with Gasteiger partial charge in [0.15, 0.2) is 0 Å². The summed E-state index contributed by atoms with van der Waals surface area (Å²) < 4.78 is 5.58. The van der Waals surface area contributed by atoms with Gasteiger partial charge in [0.2, 0.25) is 0 Å². The molecule has 1 aromatic rings. The van der Waals surface area contributed by atoms with Gasteiger partial charge in [0.25, 0.3) is 0 Å². The predicted octanol–water partition coefficient (Wildman–Crippen LogP) is 4.27. The number of thioether (sulfide) groups is 1. The Kier molecular flexibility index (Phi) is 7.41. The van der Waals surface area contributed by atoms with Crippen molar-refractivity contribution in [3.63, 3.8) is 0 Å². The quantitative estimate of drug-likeness (QED) is 0.719. The van der Waals surface area contributed by atoms with Crippen molar-refractivity contribution in [2.24, 2.45) is 5.92 Å². The molecule has 144 valence electrons. The maximum absolute atomic E-state index is 12.5. The summed E-state index contributed by atoms with van der Waals surface area (Å²) in [6.07, 6.45) is 6.21. The summed E-state index contributed by atoms with van der Waals surface area (Å²) in [6, 6.07) is 5.57. The van der Waals surface area contributed by atoms with Gasteiger partial charge in [-0.1, -0.05) is 25.5 Å². The second-order valence-corrected chi connectivity index (χ2v) is 8.55. The minimum absolute atomic E-state index is 0.246. The topological polar surface area (TPSA) is 49.8 Å². The lowest BCUT2D eigenvalue weighted by Gasteiger charge is -2.31. The number of fused-ring (bicyclic) bond motifs is 1. The fraction of sp³-hybridized carbons (Fsp3) is 0.667. The van der Waals surface area contributed by atoms with Crippen LogP contribution in [0.4, 0.5) is 0 Å². The summed E-state index contributed by atoms with van der Waals surface area (Å²) >= 11 is 1.65. The summed E-state index contributed by atoms with van der Waals surface area (Å²) in [5.41, 5.74) is 1.48. The standard InChI is InChI=1S/C21H31NO3S/c1-2-3-11-22-12-7-16(8-13-22)9-14-25-21(24)18-6-4-5-17-19(23)10-15-26-20(17)18/h4-6,16,19,23H,2-3,7-15H2,1H3. The van der Waals surface area contributed by atoms with Crippen molar-refractivity contribution in [3.8, 4) is 0 Å². The van der Waals surface area contributed by atoms with Crippen molar-refractivity contribution in [2.75, 3.05) is 32.0 Å². The lowest BCUT2D eigenvalue weighted by Crippen LogP contribution is -2.34. The summed E-state index contributed by atoms with van der Waals surface area (Å²) in [7, 11) is 0. The molecule has 5 heteroatoms. The molecular formula is C21H31NO3S. The van der Waals surface area contributed by atoms with Gasteiger partial charge in [0.05, 0.1) is 18.3 Å². The average molecular weight is 378 g/mol. The molecule has 0 radical (unpaired) electrons. The van der Waals surface area contributed by atoms with Crippen LogP contribution in [0, 0.1) is 5.92 Å². The van der Waals surface area contributed by atoms with Crippen molar-refractivity contribution in [1.82, 2.24) is 4.90 Å². The van der Waals surface area contributed by atoms with Crippen molar-refractivity contribution in [1.29, 1.82) is 0 Å². The van der Waals surface area contributed by atoms with E-state index in [1.807, 2.05) is 18.2 Å². The number of carbonyl (C=O) groups excluding carboxylic acids is 1. The van der Waals surface area contributed by atoms with E-state index in [2.05, 4.69) is 11.8 Å². The van der Waals surface area contributed by atoms with Gasteiger partial charge in [-0.15, -0.1) is 11.8 Å². The Morgan fingerprint density at radius 3 is 2.88 bits per heavy atom. The minimum atomic E-state index is -0.461. The highest BCUT2D eigenvalue weighted by Gasteiger charge is 2.24. The SMILES string of the molecule is CCCCN1CCC(CCOC(=O)c2cccc3c2SCCC3O)CC1. The molecule has 2 aliphatic rings. The molecule has 0 aliphatic carbocycles. The third-order valence-electron chi connectivity index (χ3n) is 5.56. The van der Waals surface area contributed by atoms with Crippen LogP contribution in [0.15, 0.2) is 23.1 Å². The maximum atomic E-state index is 12.5. The molecule has 0 aromatic heterocycles. The number of aliphatic hydroxyl groups excluding tert-OH is 1. The van der Waals surface area contributed by atoms with E-state index in [0.29, 0.717) is 18.1 Å². The molecule has 0 amide bonds. The van der Waals surface area contributed by atoms with Crippen molar-refractivity contribution < 1.29 is 14.6 Å². The Morgan fingerprint density at radius 2 is 2.12 bits per heavy atom. The van der Waals surface area contributed by atoms with E-state index in [1.165, 1.54) is 45.3 Å². The highest BCUT2D eigenvalue weighted by Crippen LogP contribution is 2.38. The number of hydrogen-bond acceptors (Lipinski definition) is 5. The van der Waals surface area contributed by atoms with Crippen LogP contribution in [0.5, 0.6) is 0 Å². The number of hydrogen-bond donors (Lipinski definition) is 1. The first-order valence-electron chi connectivity index (χ1n) is 10.0. The first kappa shape index (κ1) is 19.7. The first-order valence-corrected chi connectivity index (χ1v) is 11.0.